The second-order valence-electron chi connectivity index (χ2n) is 11.3. The molecule has 2 aromatic heterocycles. The van der Waals surface area contributed by atoms with Crippen molar-refractivity contribution in [2.24, 2.45) is 0 Å². The molecule has 0 aliphatic rings. The van der Waals surface area contributed by atoms with Crippen molar-refractivity contribution in [1.29, 1.82) is 0 Å². The summed E-state index contributed by atoms with van der Waals surface area (Å²) in [4.78, 5) is 14.9. The fourth-order valence-electron chi connectivity index (χ4n) is 6.30. The lowest BCUT2D eigenvalue weighted by Crippen LogP contribution is -2.00. The van der Waals surface area contributed by atoms with Gasteiger partial charge in [-0.2, -0.15) is 0 Å². The molecule has 0 aliphatic carbocycles. The Bertz CT molecular complexity index is 2480. The minimum absolute atomic E-state index is 0.612. The van der Waals surface area contributed by atoms with Crippen LogP contribution in [0.2, 0.25) is 0 Å². The van der Waals surface area contributed by atoms with Gasteiger partial charge in [0.15, 0.2) is 17.5 Å². The number of hydrogen-bond donors (Lipinski definition) is 0. The molecule has 0 saturated heterocycles. The summed E-state index contributed by atoms with van der Waals surface area (Å²) in [6, 6.07) is 52.3. The number of fused-ring (bicyclic) bond motifs is 6. The molecule has 9 rings (SSSR count). The predicted octanol–water partition coefficient (Wildman–Crippen LogP) is 10.7. The maximum atomic E-state index is 6.49. The molecule has 7 aromatic carbocycles. The van der Waals surface area contributed by atoms with Crippen LogP contribution in [0.15, 0.2) is 156 Å². The first-order valence-electron chi connectivity index (χ1n) is 15.0. The molecule has 45 heavy (non-hydrogen) atoms. The van der Waals surface area contributed by atoms with Gasteiger partial charge in [-0.1, -0.05) is 127 Å². The maximum absolute atomic E-state index is 6.49. The standard InChI is InChI=1S/C41H25N3O/c1-3-11-28(12-4-1)39-42-40(29-13-5-2-6-14-29)44-41(43-39)34-16-9-17-36-38(34)33-23-22-31(25-37(33)45-36)30-21-20-27-19-18-26-10-7-8-15-32(26)35(27)24-30/h1-25H. The summed E-state index contributed by atoms with van der Waals surface area (Å²) in [5.41, 5.74) is 6.68. The Labute approximate surface area is 259 Å². The van der Waals surface area contributed by atoms with Crippen LogP contribution >= 0.6 is 0 Å². The molecule has 0 amide bonds. The smallest absolute Gasteiger partial charge is 0.164 e. The third kappa shape index (κ3) is 4.35. The number of rotatable bonds is 4. The van der Waals surface area contributed by atoms with E-state index in [1.54, 1.807) is 0 Å². The molecule has 0 fully saturated rings. The first-order chi connectivity index (χ1) is 22.3. The van der Waals surface area contributed by atoms with Crippen LogP contribution in [0.25, 0.3) is 88.8 Å². The molecule has 0 radical (unpaired) electrons. The molecule has 0 unspecified atom stereocenters. The highest BCUT2D eigenvalue weighted by Gasteiger charge is 2.18. The average Bonchev–Trinajstić information content (AvgIpc) is 3.50. The molecule has 2 heterocycles. The Morgan fingerprint density at radius 1 is 0.356 bits per heavy atom. The van der Waals surface area contributed by atoms with Crippen molar-refractivity contribution in [3.63, 3.8) is 0 Å². The number of hydrogen-bond acceptors (Lipinski definition) is 4. The summed E-state index contributed by atoms with van der Waals surface area (Å²) in [7, 11) is 0. The van der Waals surface area contributed by atoms with Gasteiger partial charge in [-0.15, -0.1) is 0 Å². The van der Waals surface area contributed by atoms with Crippen LogP contribution in [0, 0.1) is 0 Å². The molecular formula is C41H25N3O. The van der Waals surface area contributed by atoms with Gasteiger partial charge in [-0.25, -0.2) is 15.0 Å². The zero-order valence-corrected chi connectivity index (χ0v) is 24.2. The molecule has 210 valence electrons. The van der Waals surface area contributed by atoms with Gasteiger partial charge in [-0.05, 0) is 56.9 Å². The van der Waals surface area contributed by atoms with E-state index in [2.05, 4.69) is 78.9 Å². The molecule has 4 heteroatoms. The molecule has 0 saturated carbocycles. The van der Waals surface area contributed by atoms with E-state index >= 15 is 0 Å². The lowest BCUT2D eigenvalue weighted by atomic mass is 9.96. The van der Waals surface area contributed by atoms with Crippen molar-refractivity contribution < 1.29 is 4.42 Å². The minimum atomic E-state index is 0.612. The van der Waals surface area contributed by atoms with Crippen molar-refractivity contribution in [3.05, 3.63) is 152 Å². The Morgan fingerprint density at radius 2 is 0.956 bits per heavy atom. The van der Waals surface area contributed by atoms with Crippen LogP contribution in [0.5, 0.6) is 0 Å². The van der Waals surface area contributed by atoms with Crippen molar-refractivity contribution in [3.8, 4) is 45.3 Å². The second-order valence-corrected chi connectivity index (χ2v) is 11.3. The normalized spacial score (nSPS) is 11.6. The van der Waals surface area contributed by atoms with Crippen LogP contribution in [0.1, 0.15) is 0 Å². The number of furan rings is 1. The van der Waals surface area contributed by atoms with E-state index in [0.29, 0.717) is 17.5 Å². The van der Waals surface area contributed by atoms with Crippen molar-refractivity contribution >= 4 is 43.5 Å². The Kier molecular flexibility index (Phi) is 5.78. The van der Waals surface area contributed by atoms with Crippen LogP contribution in [-0.4, -0.2) is 15.0 Å². The SMILES string of the molecule is c1ccc(-c2nc(-c3ccccc3)nc(-c3cccc4oc5cc(-c6ccc7ccc8ccccc8c7c6)ccc5c34)n2)cc1. The molecule has 0 aliphatic heterocycles. The minimum Gasteiger partial charge on any atom is -0.456 e. The highest BCUT2D eigenvalue weighted by Crippen LogP contribution is 2.39. The van der Waals surface area contributed by atoms with E-state index < -0.39 is 0 Å². The van der Waals surface area contributed by atoms with Crippen molar-refractivity contribution in [1.82, 2.24) is 15.0 Å². The molecule has 0 bridgehead atoms. The molecule has 0 spiro atoms. The van der Waals surface area contributed by atoms with Crippen molar-refractivity contribution in [2.45, 2.75) is 0 Å². The maximum Gasteiger partial charge on any atom is 0.164 e. The van der Waals surface area contributed by atoms with Gasteiger partial charge >= 0.3 is 0 Å². The summed E-state index contributed by atoms with van der Waals surface area (Å²) in [5, 5.41) is 7.00. The number of aromatic nitrogens is 3. The Morgan fingerprint density at radius 3 is 1.71 bits per heavy atom. The van der Waals surface area contributed by atoms with E-state index in [1.807, 2.05) is 72.8 Å². The average molecular weight is 576 g/mol. The third-order valence-corrected chi connectivity index (χ3v) is 8.52. The van der Waals surface area contributed by atoms with Gasteiger partial charge in [-0.3, -0.25) is 0 Å². The number of benzene rings is 7. The van der Waals surface area contributed by atoms with Gasteiger partial charge < -0.3 is 4.42 Å². The van der Waals surface area contributed by atoms with Gasteiger partial charge in [0, 0.05) is 27.5 Å². The van der Waals surface area contributed by atoms with E-state index in [4.69, 9.17) is 19.4 Å². The zero-order chi connectivity index (χ0) is 29.7. The van der Waals surface area contributed by atoms with Gasteiger partial charge in [0.05, 0.1) is 0 Å². The van der Waals surface area contributed by atoms with E-state index in [9.17, 15) is 0 Å². The summed E-state index contributed by atoms with van der Waals surface area (Å²) < 4.78 is 6.49. The first-order valence-corrected chi connectivity index (χ1v) is 15.0. The van der Waals surface area contributed by atoms with Crippen LogP contribution in [0.4, 0.5) is 0 Å². The summed E-state index contributed by atoms with van der Waals surface area (Å²) in [6.45, 7) is 0. The van der Waals surface area contributed by atoms with E-state index in [0.717, 1.165) is 49.8 Å². The van der Waals surface area contributed by atoms with E-state index in [1.165, 1.54) is 21.5 Å². The van der Waals surface area contributed by atoms with Crippen LogP contribution in [-0.2, 0) is 0 Å². The first kappa shape index (κ1) is 25.4. The molecule has 0 N–H and O–H groups in total. The van der Waals surface area contributed by atoms with E-state index in [-0.39, 0.29) is 0 Å². The van der Waals surface area contributed by atoms with Gasteiger partial charge in [0.25, 0.3) is 0 Å². The summed E-state index contributed by atoms with van der Waals surface area (Å²) in [5.74, 6) is 1.88. The molecule has 0 atom stereocenters. The number of nitrogens with zero attached hydrogens (tertiary/aromatic N) is 3. The highest BCUT2D eigenvalue weighted by atomic mass is 16.3. The zero-order valence-electron chi connectivity index (χ0n) is 24.2. The lowest BCUT2D eigenvalue weighted by molar-refractivity contribution is 0.669. The van der Waals surface area contributed by atoms with Gasteiger partial charge in [0.2, 0.25) is 0 Å². The third-order valence-electron chi connectivity index (χ3n) is 8.52. The molecule has 9 aromatic rings. The van der Waals surface area contributed by atoms with Crippen LogP contribution < -0.4 is 0 Å². The quantitative estimate of drug-likeness (QED) is 0.196. The molecule has 4 nitrogen and oxygen atoms in total. The predicted molar refractivity (Wildman–Crippen MR) is 184 cm³/mol. The van der Waals surface area contributed by atoms with Crippen molar-refractivity contribution in [2.75, 3.05) is 0 Å². The largest absolute Gasteiger partial charge is 0.456 e. The lowest BCUT2D eigenvalue weighted by Gasteiger charge is -2.09. The Hall–Kier alpha value is -6.13. The Balaban J connectivity index is 1.21. The monoisotopic (exact) mass is 575 g/mol. The summed E-state index contributed by atoms with van der Waals surface area (Å²) >= 11 is 0. The topological polar surface area (TPSA) is 51.8 Å². The highest BCUT2D eigenvalue weighted by molar-refractivity contribution is 6.13. The van der Waals surface area contributed by atoms with Crippen LogP contribution in [0.3, 0.4) is 0 Å². The fourth-order valence-corrected chi connectivity index (χ4v) is 6.30. The summed E-state index contributed by atoms with van der Waals surface area (Å²) in [6.07, 6.45) is 0. The molecular weight excluding hydrogens is 550 g/mol. The van der Waals surface area contributed by atoms with Gasteiger partial charge in [0.1, 0.15) is 11.2 Å². The second kappa shape index (κ2) is 10.2. The fraction of sp³-hybridized carbons (Fsp3) is 0.